The van der Waals surface area contributed by atoms with Gasteiger partial charge in [-0.15, -0.1) is 0 Å². The first kappa shape index (κ1) is 17.9. The van der Waals surface area contributed by atoms with E-state index in [1.54, 1.807) is 0 Å². The standard InChI is InChI=1S/C20H32N2O2/c1-17-4-6-18(7-5-17)13-19-3-2-8-22(14-19)16-20(23)15-21-9-11-24-12-10-21/h4-7,19-20,23H,2-3,8-16H2,1H3/t19-,20+/m0/s1. The lowest BCUT2D eigenvalue weighted by Crippen LogP contribution is -2.46. The summed E-state index contributed by atoms with van der Waals surface area (Å²) in [6.45, 7) is 9.48. The summed E-state index contributed by atoms with van der Waals surface area (Å²) in [4.78, 5) is 4.79. The fourth-order valence-corrected chi connectivity index (χ4v) is 3.98. The lowest BCUT2D eigenvalue weighted by atomic mass is 9.91. The first-order chi connectivity index (χ1) is 11.7. The Bertz CT molecular complexity index is 485. The number of aliphatic hydroxyl groups is 1. The van der Waals surface area contributed by atoms with Crippen LogP contribution in [0.15, 0.2) is 24.3 Å². The molecule has 4 nitrogen and oxygen atoms in total. The predicted octanol–water partition coefficient (Wildman–Crippen LogP) is 1.94. The number of β-amino-alcohol motifs (C(OH)–C–C–N with tert-alkyl or cyclic N) is 1. The van der Waals surface area contributed by atoms with Gasteiger partial charge in [0.2, 0.25) is 0 Å². The molecule has 0 aliphatic carbocycles. The molecule has 4 heteroatoms. The molecule has 24 heavy (non-hydrogen) atoms. The summed E-state index contributed by atoms with van der Waals surface area (Å²) in [6, 6.07) is 8.95. The number of likely N-dealkylation sites (tertiary alicyclic amines) is 1. The molecule has 2 fully saturated rings. The van der Waals surface area contributed by atoms with E-state index < -0.39 is 0 Å². The van der Waals surface area contributed by atoms with E-state index in [1.807, 2.05) is 0 Å². The normalized spacial score (nSPS) is 24.8. The van der Waals surface area contributed by atoms with E-state index in [9.17, 15) is 5.11 Å². The van der Waals surface area contributed by atoms with Crippen LogP contribution in [-0.2, 0) is 11.2 Å². The zero-order valence-corrected chi connectivity index (χ0v) is 15.0. The van der Waals surface area contributed by atoms with Crippen molar-refractivity contribution in [2.75, 3.05) is 52.5 Å². The largest absolute Gasteiger partial charge is 0.390 e. The number of nitrogens with zero attached hydrogens (tertiary/aromatic N) is 2. The van der Waals surface area contributed by atoms with Crippen LogP contribution in [0.25, 0.3) is 0 Å². The van der Waals surface area contributed by atoms with Gasteiger partial charge in [-0.3, -0.25) is 4.90 Å². The van der Waals surface area contributed by atoms with Crippen molar-refractivity contribution >= 4 is 0 Å². The smallest absolute Gasteiger partial charge is 0.0793 e. The third-order valence-electron chi connectivity index (χ3n) is 5.29. The second-order valence-corrected chi connectivity index (χ2v) is 7.52. The summed E-state index contributed by atoms with van der Waals surface area (Å²) in [5.41, 5.74) is 2.77. The highest BCUT2D eigenvalue weighted by atomic mass is 16.5. The highest BCUT2D eigenvalue weighted by Gasteiger charge is 2.23. The van der Waals surface area contributed by atoms with Crippen LogP contribution in [0.1, 0.15) is 24.0 Å². The molecule has 3 rings (SSSR count). The van der Waals surface area contributed by atoms with Crippen LogP contribution in [0.2, 0.25) is 0 Å². The molecule has 2 heterocycles. The molecule has 2 aliphatic rings. The average molecular weight is 332 g/mol. The monoisotopic (exact) mass is 332 g/mol. The van der Waals surface area contributed by atoms with Crippen LogP contribution in [0.4, 0.5) is 0 Å². The van der Waals surface area contributed by atoms with E-state index in [1.165, 1.54) is 24.0 Å². The molecule has 0 bridgehead atoms. The van der Waals surface area contributed by atoms with E-state index in [-0.39, 0.29) is 6.10 Å². The molecule has 1 aromatic carbocycles. The summed E-state index contributed by atoms with van der Waals surface area (Å²) in [5.74, 6) is 0.719. The quantitative estimate of drug-likeness (QED) is 0.864. The van der Waals surface area contributed by atoms with Gasteiger partial charge in [-0.2, -0.15) is 0 Å². The summed E-state index contributed by atoms with van der Waals surface area (Å²) in [5, 5.41) is 10.4. The minimum atomic E-state index is -0.249. The number of piperidine rings is 1. The maximum atomic E-state index is 10.4. The van der Waals surface area contributed by atoms with Gasteiger partial charge in [-0.25, -0.2) is 0 Å². The second-order valence-electron chi connectivity index (χ2n) is 7.52. The van der Waals surface area contributed by atoms with E-state index >= 15 is 0 Å². The van der Waals surface area contributed by atoms with E-state index in [0.717, 1.165) is 64.8 Å². The number of aryl methyl sites for hydroxylation is 1. The highest BCUT2D eigenvalue weighted by molar-refractivity contribution is 5.21. The van der Waals surface area contributed by atoms with Crippen molar-refractivity contribution < 1.29 is 9.84 Å². The van der Waals surface area contributed by atoms with Crippen molar-refractivity contribution in [3.63, 3.8) is 0 Å². The molecule has 0 unspecified atom stereocenters. The first-order valence-corrected chi connectivity index (χ1v) is 9.45. The maximum absolute atomic E-state index is 10.4. The van der Waals surface area contributed by atoms with Crippen LogP contribution in [-0.4, -0.2) is 73.5 Å². The number of hydrogen-bond donors (Lipinski definition) is 1. The SMILES string of the molecule is Cc1ccc(C[C@@H]2CCCN(C[C@H](O)CN3CCOCC3)C2)cc1. The molecular weight excluding hydrogens is 300 g/mol. The van der Waals surface area contributed by atoms with Crippen LogP contribution in [0.3, 0.4) is 0 Å². The molecule has 0 radical (unpaired) electrons. The summed E-state index contributed by atoms with van der Waals surface area (Å²) in [6.07, 6.45) is 3.47. The van der Waals surface area contributed by atoms with Crippen molar-refractivity contribution in [2.45, 2.75) is 32.3 Å². The molecule has 0 saturated carbocycles. The van der Waals surface area contributed by atoms with Gasteiger partial charge in [0, 0.05) is 32.7 Å². The Kier molecular flexibility index (Phi) is 6.67. The fraction of sp³-hybridized carbons (Fsp3) is 0.700. The number of aliphatic hydroxyl groups excluding tert-OH is 1. The number of morpholine rings is 1. The Labute approximate surface area is 146 Å². The first-order valence-electron chi connectivity index (χ1n) is 9.45. The van der Waals surface area contributed by atoms with Crippen molar-refractivity contribution in [3.05, 3.63) is 35.4 Å². The summed E-state index contributed by atoms with van der Waals surface area (Å²) < 4.78 is 5.38. The van der Waals surface area contributed by atoms with E-state index in [4.69, 9.17) is 4.74 Å². The van der Waals surface area contributed by atoms with Gasteiger partial charge < -0.3 is 14.7 Å². The minimum absolute atomic E-state index is 0.249. The van der Waals surface area contributed by atoms with Gasteiger partial charge >= 0.3 is 0 Å². The molecule has 2 saturated heterocycles. The molecule has 134 valence electrons. The maximum Gasteiger partial charge on any atom is 0.0793 e. The van der Waals surface area contributed by atoms with Gasteiger partial charge in [0.15, 0.2) is 0 Å². The van der Waals surface area contributed by atoms with Crippen LogP contribution >= 0.6 is 0 Å². The molecule has 0 spiro atoms. The fourth-order valence-electron chi connectivity index (χ4n) is 3.98. The number of ether oxygens (including phenoxy) is 1. The van der Waals surface area contributed by atoms with E-state index in [2.05, 4.69) is 41.0 Å². The lowest BCUT2D eigenvalue weighted by Gasteiger charge is -2.35. The van der Waals surface area contributed by atoms with Gasteiger partial charge in [0.25, 0.3) is 0 Å². The van der Waals surface area contributed by atoms with Crippen molar-refractivity contribution in [1.82, 2.24) is 9.80 Å². The van der Waals surface area contributed by atoms with Gasteiger partial charge in [0.1, 0.15) is 0 Å². The molecular formula is C20H32N2O2. The Balaban J connectivity index is 1.43. The second kappa shape index (κ2) is 8.95. The van der Waals surface area contributed by atoms with Crippen molar-refractivity contribution in [2.24, 2.45) is 5.92 Å². The molecule has 2 aliphatic heterocycles. The zero-order valence-electron chi connectivity index (χ0n) is 15.0. The molecule has 0 aromatic heterocycles. The van der Waals surface area contributed by atoms with E-state index in [0.29, 0.717) is 0 Å². The van der Waals surface area contributed by atoms with Gasteiger partial charge in [-0.1, -0.05) is 29.8 Å². The molecule has 0 amide bonds. The Morgan fingerprint density at radius 3 is 2.54 bits per heavy atom. The van der Waals surface area contributed by atoms with Crippen LogP contribution in [0.5, 0.6) is 0 Å². The van der Waals surface area contributed by atoms with Gasteiger partial charge in [-0.05, 0) is 44.2 Å². The lowest BCUT2D eigenvalue weighted by molar-refractivity contribution is 0.00342. The van der Waals surface area contributed by atoms with Gasteiger partial charge in [0.05, 0.1) is 19.3 Å². The van der Waals surface area contributed by atoms with Crippen molar-refractivity contribution in [1.29, 1.82) is 0 Å². The Morgan fingerprint density at radius 2 is 1.79 bits per heavy atom. The topological polar surface area (TPSA) is 35.9 Å². The predicted molar refractivity (Wildman–Crippen MR) is 97.3 cm³/mol. The van der Waals surface area contributed by atoms with Crippen LogP contribution < -0.4 is 0 Å². The van der Waals surface area contributed by atoms with Crippen LogP contribution in [0, 0.1) is 12.8 Å². The molecule has 1 N–H and O–H groups in total. The number of rotatable bonds is 6. The third-order valence-corrected chi connectivity index (χ3v) is 5.29. The third kappa shape index (κ3) is 5.55. The number of hydrogen-bond acceptors (Lipinski definition) is 4. The Morgan fingerprint density at radius 1 is 1.08 bits per heavy atom. The minimum Gasteiger partial charge on any atom is -0.390 e. The average Bonchev–Trinajstić information content (AvgIpc) is 2.58. The molecule has 1 aromatic rings. The summed E-state index contributed by atoms with van der Waals surface area (Å²) >= 11 is 0. The molecule has 2 atom stereocenters. The number of benzene rings is 1. The Hall–Kier alpha value is -0.940. The van der Waals surface area contributed by atoms with Crippen molar-refractivity contribution in [3.8, 4) is 0 Å². The summed E-state index contributed by atoms with van der Waals surface area (Å²) in [7, 11) is 0. The zero-order chi connectivity index (χ0) is 16.8. The highest BCUT2D eigenvalue weighted by Crippen LogP contribution is 2.21.